The Kier molecular flexibility index (Phi) is 3.63. The molecule has 1 aromatic carbocycles. The fourth-order valence-electron chi connectivity index (χ4n) is 3.32. The number of rotatable bonds is 1. The molecule has 0 spiro atoms. The Morgan fingerprint density at radius 3 is 2.50 bits per heavy atom. The SMILES string of the molecule is CC(C)(C)OC(=O)N1C2C=C(c3ccc(O)cc3)CC1CC2. The van der Waals surface area contributed by atoms with Crippen molar-refractivity contribution in [1.82, 2.24) is 4.90 Å². The Labute approximate surface area is 131 Å². The van der Waals surface area contributed by atoms with E-state index in [0.29, 0.717) is 0 Å². The van der Waals surface area contributed by atoms with Gasteiger partial charge in [0.25, 0.3) is 0 Å². The number of fused-ring (bicyclic) bond motifs is 2. The highest BCUT2D eigenvalue weighted by Crippen LogP contribution is 2.39. The van der Waals surface area contributed by atoms with Gasteiger partial charge in [0.2, 0.25) is 0 Å². The Bertz CT molecular complexity index is 598. The molecule has 2 heterocycles. The van der Waals surface area contributed by atoms with Crippen molar-refractivity contribution in [2.45, 2.75) is 57.7 Å². The molecule has 2 aliphatic heterocycles. The van der Waals surface area contributed by atoms with E-state index in [1.807, 2.05) is 37.8 Å². The van der Waals surface area contributed by atoms with Crippen molar-refractivity contribution in [1.29, 1.82) is 0 Å². The molecule has 0 aromatic heterocycles. The van der Waals surface area contributed by atoms with Crippen LogP contribution in [0.4, 0.5) is 4.79 Å². The minimum Gasteiger partial charge on any atom is -0.508 e. The van der Waals surface area contributed by atoms with Gasteiger partial charge in [-0.2, -0.15) is 0 Å². The summed E-state index contributed by atoms with van der Waals surface area (Å²) in [6.07, 6.45) is 4.83. The summed E-state index contributed by atoms with van der Waals surface area (Å²) in [4.78, 5) is 14.3. The normalized spacial score (nSPS) is 24.1. The van der Waals surface area contributed by atoms with Crippen molar-refractivity contribution in [2.75, 3.05) is 0 Å². The number of amides is 1. The lowest BCUT2D eigenvalue weighted by molar-refractivity contribution is 0.0175. The fraction of sp³-hybridized carbons (Fsp3) is 0.500. The van der Waals surface area contributed by atoms with E-state index >= 15 is 0 Å². The first-order valence-corrected chi connectivity index (χ1v) is 7.85. The first-order valence-electron chi connectivity index (χ1n) is 7.85. The van der Waals surface area contributed by atoms with Crippen LogP contribution in [0.5, 0.6) is 5.75 Å². The number of carbonyl (C=O) groups excluding carboxylic acids is 1. The van der Waals surface area contributed by atoms with Crippen molar-refractivity contribution in [3.63, 3.8) is 0 Å². The summed E-state index contributed by atoms with van der Waals surface area (Å²) >= 11 is 0. The molecule has 1 amide bonds. The van der Waals surface area contributed by atoms with Crippen molar-refractivity contribution in [2.24, 2.45) is 0 Å². The van der Waals surface area contributed by atoms with Crippen molar-refractivity contribution in [3.8, 4) is 5.75 Å². The maximum atomic E-state index is 12.4. The number of carbonyl (C=O) groups is 1. The van der Waals surface area contributed by atoms with E-state index in [1.54, 1.807) is 12.1 Å². The Morgan fingerprint density at radius 1 is 1.23 bits per heavy atom. The number of phenols is 1. The Hall–Kier alpha value is -1.97. The second-order valence-electron chi connectivity index (χ2n) is 7.13. The van der Waals surface area contributed by atoms with E-state index in [1.165, 1.54) is 5.57 Å². The smallest absolute Gasteiger partial charge is 0.411 e. The third kappa shape index (κ3) is 2.96. The van der Waals surface area contributed by atoms with Crippen molar-refractivity contribution in [3.05, 3.63) is 35.9 Å². The monoisotopic (exact) mass is 301 g/mol. The molecule has 0 aliphatic carbocycles. The van der Waals surface area contributed by atoms with E-state index in [9.17, 15) is 9.90 Å². The number of phenolic OH excluding ortho intramolecular Hbond substituents is 1. The number of ether oxygens (including phenoxy) is 1. The molecule has 4 heteroatoms. The van der Waals surface area contributed by atoms with E-state index in [-0.39, 0.29) is 23.9 Å². The number of benzene rings is 1. The van der Waals surface area contributed by atoms with Crippen LogP contribution in [-0.2, 0) is 4.74 Å². The molecule has 0 saturated carbocycles. The summed E-state index contributed by atoms with van der Waals surface area (Å²) in [6, 6.07) is 7.62. The molecule has 1 fully saturated rings. The minimum atomic E-state index is -0.461. The van der Waals surface area contributed by atoms with Crippen molar-refractivity contribution >= 4 is 11.7 Å². The zero-order valence-corrected chi connectivity index (χ0v) is 13.4. The van der Waals surface area contributed by atoms with Gasteiger partial charge in [-0.05, 0) is 63.3 Å². The maximum Gasteiger partial charge on any atom is 0.411 e. The second-order valence-corrected chi connectivity index (χ2v) is 7.13. The third-order valence-corrected chi connectivity index (χ3v) is 4.24. The molecule has 3 rings (SSSR count). The average molecular weight is 301 g/mol. The van der Waals surface area contributed by atoms with Gasteiger partial charge in [0, 0.05) is 6.04 Å². The standard InChI is InChI=1S/C18H23NO3/c1-18(2,3)22-17(21)19-14-6-7-15(19)11-13(10-14)12-4-8-16(20)9-5-12/h4-5,8-10,14-15,20H,6-7,11H2,1-3H3. The van der Waals surface area contributed by atoms with E-state index in [0.717, 1.165) is 24.8 Å². The molecule has 2 aliphatic rings. The summed E-state index contributed by atoms with van der Waals surface area (Å²) in [5.41, 5.74) is 1.92. The summed E-state index contributed by atoms with van der Waals surface area (Å²) in [5, 5.41) is 9.41. The van der Waals surface area contributed by atoms with Gasteiger partial charge >= 0.3 is 6.09 Å². The highest BCUT2D eigenvalue weighted by Gasteiger charge is 2.41. The third-order valence-electron chi connectivity index (χ3n) is 4.24. The Morgan fingerprint density at radius 2 is 1.91 bits per heavy atom. The molecular formula is C18H23NO3. The van der Waals surface area contributed by atoms with Gasteiger partial charge in [-0.15, -0.1) is 0 Å². The predicted molar refractivity (Wildman–Crippen MR) is 85.6 cm³/mol. The van der Waals surface area contributed by atoms with Gasteiger partial charge in [-0.1, -0.05) is 18.2 Å². The average Bonchev–Trinajstić information content (AvgIpc) is 2.69. The van der Waals surface area contributed by atoms with Gasteiger partial charge in [-0.3, -0.25) is 4.90 Å². The summed E-state index contributed by atoms with van der Waals surface area (Å²) in [5.74, 6) is 0.276. The molecule has 2 bridgehead atoms. The first kappa shape index (κ1) is 14.9. The summed E-state index contributed by atoms with van der Waals surface area (Å²) < 4.78 is 5.54. The van der Waals surface area contributed by atoms with E-state index in [2.05, 4.69) is 6.08 Å². The van der Waals surface area contributed by atoms with Crippen LogP contribution in [0.2, 0.25) is 0 Å². The molecule has 0 radical (unpaired) electrons. The van der Waals surface area contributed by atoms with Crippen LogP contribution in [0, 0.1) is 0 Å². The lowest BCUT2D eigenvalue weighted by Gasteiger charge is -2.35. The molecule has 1 N–H and O–H groups in total. The predicted octanol–water partition coefficient (Wildman–Crippen LogP) is 3.95. The number of aromatic hydroxyl groups is 1. The lowest BCUT2D eigenvalue weighted by Crippen LogP contribution is -2.45. The maximum absolute atomic E-state index is 12.4. The molecular weight excluding hydrogens is 278 g/mol. The molecule has 2 atom stereocenters. The second kappa shape index (κ2) is 5.34. The highest BCUT2D eigenvalue weighted by atomic mass is 16.6. The van der Waals surface area contributed by atoms with Crippen LogP contribution in [0.25, 0.3) is 5.57 Å². The number of nitrogens with zero attached hydrogens (tertiary/aromatic N) is 1. The van der Waals surface area contributed by atoms with Crippen LogP contribution in [-0.4, -0.2) is 33.8 Å². The quantitative estimate of drug-likeness (QED) is 0.854. The fourth-order valence-corrected chi connectivity index (χ4v) is 3.32. The van der Waals surface area contributed by atoms with Gasteiger partial charge in [0.15, 0.2) is 0 Å². The van der Waals surface area contributed by atoms with Crippen LogP contribution < -0.4 is 0 Å². The minimum absolute atomic E-state index is 0.123. The summed E-state index contributed by atoms with van der Waals surface area (Å²) in [6.45, 7) is 5.69. The van der Waals surface area contributed by atoms with Gasteiger partial charge < -0.3 is 9.84 Å². The van der Waals surface area contributed by atoms with Crippen molar-refractivity contribution < 1.29 is 14.6 Å². The first-order chi connectivity index (χ1) is 10.3. The molecule has 1 saturated heterocycles. The molecule has 22 heavy (non-hydrogen) atoms. The molecule has 1 aromatic rings. The highest BCUT2D eigenvalue weighted by molar-refractivity contribution is 5.75. The Balaban J connectivity index is 1.80. The van der Waals surface area contributed by atoms with Gasteiger partial charge in [0.05, 0.1) is 6.04 Å². The van der Waals surface area contributed by atoms with Gasteiger partial charge in [0.1, 0.15) is 11.4 Å². The molecule has 2 unspecified atom stereocenters. The van der Waals surface area contributed by atoms with Crippen LogP contribution in [0.1, 0.15) is 45.6 Å². The molecule has 4 nitrogen and oxygen atoms in total. The van der Waals surface area contributed by atoms with Crippen LogP contribution >= 0.6 is 0 Å². The molecule has 118 valence electrons. The van der Waals surface area contributed by atoms with Crippen LogP contribution in [0.3, 0.4) is 0 Å². The lowest BCUT2D eigenvalue weighted by atomic mass is 9.95. The number of hydrogen-bond acceptors (Lipinski definition) is 3. The zero-order valence-electron chi connectivity index (χ0n) is 13.4. The zero-order chi connectivity index (χ0) is 15.9. The van der Waals surface area contributed by atoms with Gasteiger partial charge in [-0.25, -0.2) is 4.79 Å². The topological polar surface area (TPSA) is 49.8 Å². The van der Waals surface area contributed by atoms with E-state index in [4.69, 9.17) is 4.74 Å². The largest absolute Gasteiger partial charge is 0.508 e. The van der Waals surface area contributed by atoms with E-state index < -0.39 is 5.60 Å². The number of hydrogen-bond donors (Lipinski definition) is 1. The van der Waals surface area contributed by atoms with Crippen LogP contribution in [0.15, 0.2) is 30.3 Å². The summed E-state index contributed by atoms with van der Waals surface area (Å²) in [7, 11) is 0.